The molecule has 0 unspecified atom stereocenters. The van der Waals surface area contributed by atoms with E-state index in [-0.39, 0.29) is 5.75 Å². The second kappa shape index (κ2) is 7.63. The van der Waals surface area contributed by atoms with Gasteiger partial charge in [-0.05, 0) is 30.7 Å². The van der Waals surface area contributed by atoms with E-state index in [1.54, 1.807) is 18.2 Å². The third-order valence-electron chi connectivity index (χ3n) is 4.56. The van der Waals surface area contributed by atoms with Crippen LogP contribution in [-0.2, 0) is 4.74 Å². The number of nitrogens with zero attached hydrogens (tertiary/aromatic N) is 3. The molecule has 1 aromatic heterocycles. The summed E-state index contributed by atoms with van der Waals surface area (Å²) in [5.41, 5.74) is 2.92. The Morgan fingerprint density at radius 2 is 1.81 bits per heavy atom. The highest BCUT2D eigenvalue weighted by atomic mass is 16.5. The lowest BCUT2D eigenvalue weighted by molar-refractivity contribution is 0.122. The SMILES string of the molecule is Cc1ccccc1Nc1cc(N2CCOCC2)nc(-c2cccc(O)c2)n1. The second-order valence-corrected chi connectivity index (χ2v) is 6.52. The zero-order valence-electron chi connectivity index (χ0n) is 15.2. The number of phenolic OH excluding ortho intramolecular Hbond substituents is 1. The van der Waals surface area contributed by atoms with Crippen LogP contribution in [-0.4, -0.2) is 41.4 Å². The molecule has 0 spiro atoms. The van der Waals surface area contributed by atoms with Gasteiger partial charge in [-0.3, -0.25) is 0 Å². The molecule has 138 valence electrons. The molecule has 0 saturated carbocycles. The lowest BCUT2D eigenvalue weighted by Crippen LogP contribution is -2.36. The fraction of sp³-hybridized carbons (Fsp3) is 0.238. The summed E-state index contributed by atoms with van der Waals surface area (Å²) in [4.78, 5) is 11.6. The van der Waals surface area contributed by atoms with Gasteiger partial charge in [0.05, 0.1) is 13.2 Å². The normalized spacial score (nSPS) is 14.2. The maximum Gasteiger partial charge on any atom is 0.164 e. The Balaban J connectivity index is 1.75. The first-order valence-electron chi connectivity index (χ1n) is 9.03. The first-order valence-corrected chi connectivity index (χ1v) is 9.03. The molecule has 0 atom stereocenters. The number of para-hydroxylation sites is 1. The standard InChI is InChI=1S/C21H22N4O2/c1-15-5-2-3-8-18(15)22-19-14-20(25-9-11-27-12-10-25)24-21(23-19)16-6-4-7-17(26)13-16/h2-8,13-14,26H,9-12H2,1H3,(H,22,23,24). The van der Waals surface area contributed by atoms with Crippen molar-refractivity contribution in [1.29, 1.82) is 0 Å². The van der Waals surface area contributed by atoms with Crippen LogP contribution in [0.3, 0.4) is 0 Å². The molecular weight excluding hydrogens is 340 g/mol. The molecule has 0 bridgehead atoms. The van der Waals surface area contributed by atoms with Gasteiger partial charge in [0.2, 0.25) is 0 Å². The minimum atomic E-state index is 0.196. The summed E-state index contributed by atoms with van der Waals surface area (Å²) >= 11 is 0. The number of anilines is 3. The van der Waals surface area contributed by atoms with E-state index >= 15 is 0 Å². The van der Waals surface area contributed by atoms with E-state index in [1.165, 1.54) is 0 Å². The molecule has 2 N–H and O–H groups in total. The molecular formula is C21H22N4O2. The zero-order valence-corrected chi connectivity index (χ0v) is 15.2. The quantitative estimate of drug-likeness (QED) is 0.737. The number of hydrogen-bond donors (Lipinski definition) is 2. The fourth-order valence-corrected chi connectivity index (χ4v) is 3.08. The zero-order chi connectivity index (χ0) is 18.6. The van der Waals surface area contributed by atoms with E-state index in [9.17, 15) is 5.11 Å². The smallest absolute Gasteiger partial charge is 0.164 e. The van der Waals surface area contributed by atoms with Crippen LogP contribution in [0.4, 0.5) is 17.3 Å². The Morgan fingerprint density at radius 3 is 2.59 bits per heavy atom. The van der Waals surface area contributed by atoms with Crippen LogP contribution in [0.2, 0.25) is 0 Å². The van der Waals surface area contributed by atoms with E-state index < -0.39 is 0 Å². The number of phenols is 1. The molecule has 1 aliphatic rings. The average molecular weight is 362 g/mol. The topological polar surface area (TPSA) is 70.5 Å². The van der Waals surface area contributed by atoms with Crippen molar-refractivity contribution in [2.45, 2.75) is 6.92 Å². The summed E-state index contributed by atoms with van der Waals surface area (Å²) in [6.45, 7) is 5.02. The van der Waals surface area contributed by atoms with Crippen molar-refractivity contribution in [3.05, 3.63) is 60.2 Å². The summed E-state index contributed by atoms with van der Waals surface area (Å²) in [6, 6.07) is 17.1. The van der Waals surface area contributed by atoms with Crippen LogP contribution in [0, 0.1) is 6.92 Å². The molecule has 27 heavy (non-hydrogen) atoms. The Morgan fingerprint density at radius 1 is 1.00 bits per heavy atom. The van der Waals surface area contributed by atoms with Crippen molar-refractivity contribution in [2.24, 2.45) is 0 Å². The molecule has 4 rings (SSSR count). The summed E-state index contributed by atoms with van der Waals surface area (Å²) in [5, 5.41) is 13.2. The predicted octanol–water partition coefficient (Wildman–Crippen LogP) is 3.74. The maximum atomic E-state index is 9.84. The lowest BCUT2D eigenvalue weighted by Gasteiger charge is -2.28. The summed E-state index contributed by atoms with van der Waals surface area (Å²) < 4.78 is 5.46. The molecule has 6 heteroatoms. The van der Waals surface area contributed by atoms with Crippen molar-refractivity contribution in [3.63, 3.8) is 0 Å². The Bertz CT molecular complexity index is 939. The van der Waals surface area contributed by atoms with Gasteiger partial charge >= 0.3 is 0 Å². The second-order valence-electron chi connectivity index (χ2n) is 6.52. The van der Waals surface area contributed by atoms with Gasteiger partial charge in [0.15, 0.2) is 5.82 Å². The van der Waals surface area contributed by atoms with E-state index in [1.807, 2.05) is 30.3 Å². The molecule has 2 heterocycles. The van der Waals surface area contributed by atoms with Gasteiger partial charge in [0.1, 0.15) is 17.4 Å². The van der Waals surface area contributed by atoms with E-state index in [0.717, 1.165) is 41.5 Å². The number of nitrogens with one attached hydrogen (secondary N) is 1. The summed E-state index contributed by atoms with van der Waals surface area (Å²) in [7, 11) is 0. The Hall–Kier alpha value is -3.12. The van der Waals surface area contributed by atoms with Gasteiger partial charge in [0, 0.05) is 30.4 Å². The van der Waals surface area contributed by atoms with Crippen LogP contribution in [0.5, 0.6) is 5.75 Å². The van der Waals surface area contributed by atoms with E-state index in [4.69, 9.17) is 9.72 Å². The van der Waals surface area contributed by atoms with Gasteiger partial charge in [-0.25, -0.2) is 9.97 Å². The molecule has 0 aliphatic carbocycles. The van der Waals surface area contributed by atoms with Gasteiger partial charge in [-0.1, -0.05) is 30.3 Å². The van der Waals surface area contributed by atoms with Crippen LogP contribution >= 0.6 is 0 Å². The molecule has 1 aliphatic heterocycles. The molecule has 2 aromatic carbocycles. The predicted molar refractivity (Wildman–Crippen MR) is 107 cm³/mol. The molecule has 1 fully saturated rings. The fourth-order valence-electron chi connectivity index (χ4n) is 3.08. The van der Waals surface area contributed by atoms with Gasteiger partial charge in [0.25, 0.3) is 0 Å². The number of aromatic hydroxyl groups is 1. The van der Waals surface area contributed by atoms with Gasteiger partial charge < -0.3 is 20.1 Å². The van der Waals surface area contributed by atoms with Crippen LogP contribution in [0.15, 0.2) is 54.6 Å². The number of morpholine rings is 1. The largest absolute Gasteiger partial charge is 0.508 e. The van der Waals surface area contributed by atoms with Crippen LogP contribution in [0.1, 0.15) is 5.56 Å². The molecule has 6 nitrogen and oxygen atoms in total. The summed E-state index contributed by atoms with van der Waals surface area (Å²) in [6.07, 6.45) is 0. The number of aromatic nitrogens is 2. The molecule has 3 aromatic rings. The molecule has 1 saturated heterocycles. The van der Waals surface area contributed by atoms with E-state index in [0.29, 0.717) is 19.0 Å². The van der Waals surface area contributed by atoms with Gasteiger partial charge in [-0.15, -0.1) is 0 Å². The van der Waals surface area contributed by atoms with Crippen molar-refractivity contribution < 1.29 is 9.84 Å². The number of ether oxygens (including phenoxy) is 1. The number of aryl methyl sites for hydroxylation is 1. The van der Waals surface area contributed by atoms with Crippen molar-refractivity contribution in [2.75, 3.05) is 36.5 Å². The first kappa shape index (κ1) is 17.3. The van der Waals surface area contributed by atoms with Crippen LogP contribution in [0.25, 0.3) is 11.4 Å². The minimum absolute atomic E-state index is 0.196. The first-order chi connectivity index (χ1) is 13.2. The van der Waals surface area contributed by atoms with Crippen molar-refractivity contribution >= 4 is 17.3 Å². The Kier molecular flexibility index (Phi) is 4.89. The number of rotatable bonds is 4. The van der Waals surface area contributed by atoms with Crippen molar-refractivity contribution in [3.8, 4) is 17.1 Å². The number of hydrogen-bond acceptors (Lipinski definition) is 6. The molecule has 0 radical (unpaired) electrons. The van der Waals surface area contributed by atoms with Gasteiger partial charge in [-0.2, -0.15) is 0 Å². The van der Waals surface area contributed by atoms with E-state index in [2.05, 4.69) is 28.2 Å². The third-order valence-corrected chi connectivity index (χ3v) is 4.56. The third kappa shape index (κ3) is 4.01. The highest BCUT2D eigenvalue weighted by Crippen LogP contribution is 2.27. The monoisotopic (exact) mass is 362 g/mol. The lowest BCUT2D eigenvalue weighted by atomic mass is 10.2. The highest BCUT2D eigenvalue weighted by molar-refractivity contribution is 5.67. The minimum Gasteiger partial charge on any atom is -0.508 e. The highest BCUT2D eigenvalue weighted by Gasteiger charge is 2.16. The van der Waals surface area contributed by atoms with Crippen molar-refractivity contribution in [1.82, 2.24) is 9.97 Å². The summed E-state index contributed by atoms with van der Waals surface area (Å²) in [5.74, 6) is 2.34. The maximum absolute atomic E-state index is 9.84. The number of benzene rings is 2. The average Bonchev–Trinajstić information content (AvgIpc) is 2.70. The molecule has 0 amide bonds. The van der Waals surface area contributed by atoms with Crippen LogP contribution < -0.4 is 10.2 Å². The Labute approximate surface area is 158 Å².